The van der Waals surface area contributed by atoms with Gasteiger partial charge in [-0.2, -0.15) is 0 Å². The summed E-state index contributed by atoms with van der Waals surface area (Å²) in [5, 5.41) is 22.6. The van der Waals surface area contributed by atoms with Gasteiger partial charge in [0, 0.05) is 0 Å². The maximum absolute atomic E-state index is 12.3. The Balaban J connectivity index is 0.000000211. The van der Waals surface area contributed by atoms with Crippen molar-refractivity contribution in [3.63, 3.8) is 0 Å². The molecule has 0 spiro atoms. The Labute approximate surface area is 208 Å². The number of aryl methyl sites for hydroxylation is 2. The highest BCUT2D eigenvalue weighted by molar-refractivity contribution is 5.96. The van der Waals surface area contributed by atoms with Gasteiger partial charge in [0.2, 0.25) is 0 Å². The quantitative estimate of drug-likeness (QED) is 0.174. The number of ether oxygens (including phenoxy) is 2. The number of esters is 1. The van der Waals surface area contributed by atoms with Gasteiger partial charge in [-0.25, -0.2) is 4.79 Å². The number of rotatable bonds is 4. The van der Waals surface area contributed by atoms with Crippen molar-refractivity contribution < 1.29 is 29.3 Å². The Hall–Kier alpha value is -4.84. The number of carbonyl (C=O) groups is 2. The van der Waals surface area contributed by atoms with E-state index in [2.05, 4.69) is 13.0 Å². The average molecular weight is 481 g/mol. The first-order chi connectivity index (χ1) is 17.3. The predicted octanol–water partition coefficient (Wildman–Crippen LogP) is 6.46. The molecule has 0 bridgehead atoms. The Kier molecular flexibility index (Phi) is 7.16. The second kappa shape index (κ2) is 10.6. The summed E-state index contributed by atoms with van der Waals surface area (Å²) in [7, 11) is 0. The summed E-state index contributed by atoms with van der Waals surface area (Å²) in [6.45, 7) is 4.16. The van der Waals surface area contributed by atoms with E-state index in [1.807, 2.05) is 18.2 Å². The highest BCUT2D eigenvalue weighted by Crippen LogP contribution is 2.25. The molecule has 0 heterocycles. The molecule has 6 nitrogen and oxygen atoms in total. The number of hydrogen-bond acceptors (Lipinski definition) is 6. The molecule has 6 heteroatoms. The van der Waals surface area contributed by atoms with E-state index in [1.165, 1.54) is 10.9 Å². The third kappa shape index (κ3) is 5.80. The minimum absolute atomic E-state index is 0.172. The fraction of sp³-hybridized carbons (Fsp3) is 0.0667. The van der Waals surface area contributed by atoms with Gasteiger partial charge in [0.1, 0.15) is 23.0 Å². The van der Waals surface area contributed by atoms with Crippen molar-refractivity contribution in [3.05, 3.63) is 108 Å². The van der Waals surface area contributed by atoms with Crippen LogP contribution in [0.4, 0.5) is 0 Å². The first kappa shape index (κ1) is 24.3. The zero-order chi connectivity index (χ0) is 25.7. The van der Waals surface area contributed by atoms with Gasteiger partial charge in [-0.15, -0.1) is 0 Å². The lowest BCUT2D eigenvalue weighted by molar-refractivity contribution is -0.120. The molecule has 0 aliphatic carbocycles. The second-order valence-electron chi connectivity index (χ2n) is 8.31. The van der Waals surface area contributed by atoms with Crippen molar-refractivity contribution in [1.82, 2.24) is 0 Å². The Morgan fingerprint density at radius 1 is 0.694 bits per heavy atom. The molecule has 0 unspecified atom stereocenters. The first-order valence-corrected chi connectivity index (χ1v) is 11.2. The largest absolute Gasteiger partial charge is 0.508 e. The van der Waals surface area contributed by atoms with Gasteiger partial charge in [0.15, 0.2) is 0 Å². The standard InChI is InChI=1S/C19H14O5.C11H10O/c1-12-8-17(6-7-18(12)23-11-20)24-19(22)15-3-2-14-10-16(21)5-4-13(14)9-15;1-8-2-3-10-7-11(12)5-4-9(10)6-8/h2-11,21H,1H3;2-7,12H,1H3. The number of phenols is 2. The maximum Gasteiger partial charge on any atom is 0.343 e. The molecule has 180 valence electrons. The van der Waals surface area contributed by atoms with Crippen LogP contribution < -0.4 is 9.47 Å². The molecule has 0 aromatic heterocycles. The van der Waals surface area contributed by atoms with Crippen LogP contribution in [-0.4, -0.2) is 22.7 Å². The first-order valence-electron chi connectivity index (χ1n) is 11.2. The summed E-state index contributed by atoms with van der Waals surface area (Å²) in [4.78, 5) is 22.7. The third-order valence-electron chi connectivity index (χ3n) is 5.57. The highest BCUT2D eigenvalue weighted by atomic mass is 16.5. The summed E-state index contributed by atoms with van der Waals surface area (Å²) in [5.74, 6) is 0.780. The van der Waals surface area contributed by atoms with E-state index in [9.17, 15) is 19.8 Å². The number of phenolic OH excluding ortho intramolecular Hbond substituents is 2. The molecule has 0 amide bonds. The van der Waals surface area contributed by atoms with Crippen molar-refractivity contribution in [2.24, 2.45) is 0 Å². The molecule has 36 heavy (non-hydrogen) atoms. The Morgan fingerprint density at radius 3 is 1.92 bits per heavy atom. The van der Waals surface area contributed by atoms with E-state index in [1.54, 1.807) is 73.7 Å². The molecular formula is C30H24O6. The van der Waals surface area contributed by atoms with Crippen molar-refractivity contribution in [3.8, 4) is 23.0 Å². The van der Waals surface area contributed by atoms with Crippen LogP contribution in [0.5, 0.6) is 23.0 Å². The highest BCUT2D eigenvalue weighted by Gasteiger charge is 2.11. The lowest BCUT2D eigenvalue weighted by atomic mass is 10.1. The smallest absolute Gasteiger partial charge is 0.343 e. The van der Waals surface area contributed by atoms with Crippen LogP contribution in [0, 0.1) is 13.8 Å². The zero-order valence-electron chi connectivity index (χ0n) is 19.8. The third-order valence-corrected chi connectivity index (χ3v) is 5.57. The number of carbonyl (C=O) groups excluding carboxylic acids is 2. The Bertz CT molecular complexity index is 1530. The van der Waals surface area contributed by atoms with Crippen molar-refractivity contribution >= 4 is 34.0 Å². The fourth-order valence-electron chi connectivity index (χ4n) is 3.75. The second-order valence-corrected chi connectivity index (χ2v) is 8.31. The topological polar surface area (TPSA) is 93.1 Å². The van der Waals surface area contributed by atoms with E-state index in [-0.39, 0.29) is 5.75 Å². The minimum Gasteiger partial charge on any atom is -0.508 e. The predicted molar refractivity (Wildman–Crippen MR) is 139 cm³/mol. The van der Waals surface area contributed by atoms with Gasteiger partial charge in [-0.3, -0.25) is 4.79 Å². The number of fused-ring (bicyclic) bond motifs is 2. The molecule has 0 aliphatic heterocycles. The molecule has 0 atom stereocenters. The molecule has 0 radical (unpaired) electrons. The average Bonchev–Trinajstić information content (AvgIpc) is 2.86. The van der Waals surface area contributed by atoms with Gasteiger partial charge in [0.25, 0.3) is 6.47 Å². The van der Waals surface area contributed by atoms with Crippen LogP contribution in [0.1, 0.15) is 21.5 Å². The van der Waals surface area contributed by atoms with Crippen LogP contribution in [0.2, 0.25) is 0 Å². The summed E-state index contributed by atoms with van der Waals surface area (Å²) < 4.78 is 10.2. The van der Waals surface area contributed by atoms with Crippen LogP contribution in [0.3, 0.4) is 0 Å². The molecular weight excluding hydrogens is 456 g/mol. The van der Waals surface area contributed by atoms with Crippen molar-refractivity contribution in [2.45, 2.75) is 13.8 Å². The molecule has 5 rings (SSSR count). The fourth-order valence-corrected chi connectivity index (χ4v) is 3.75. The van der Waals surface area contributed by atoms with E-state index < -0.39 is 5.97 Å². The van der Waals surface area contributed by atoms with Crippen LogP contribution >= 0.6 is 0 Å². The van der Waals surface area contributed by atoms with Crippen molar-refractivity contribution in [1.29, 1.82) is 0 Å². The van der Waals surface area contributed by atoms with E-state index in [0.29, 0.717) is 34.8 Å². The minimum atomic E-state index is -0.492. The molecule has 5 aromatic rings. The molecule has 0 fully saturated rings. The molecule has 0 saturated heterocycles. The lowest BCUT2D eigenvalue weighted by Crippen LogP contribution is -2.08. The lowest BCUT2D eigenvalue weighted by Gasteiger charge is -2.08. The van der Waals surface area contributed by atoms with E-state index in [4.69, 9.17) is 9.47 Å². The van der Waals surface area contributed by atoms with Gasteiger partial charge >= 0.3 is 5.97 Å². The number of hydrogen-bond donors (Lipinski definition) is 2. The van der Waals surface area contributed by atoms with Crippen LogP contribution in [0.25, 0.3) is 21.5 Å². The van der Waals surface area contributed by atoms with Crippen LogP contribution in [0.15, 0.2) is 91.0 Å². The SMILES string of the molecule is Cc1cc(OC(=O)c2ccc3cc(O)ccc3c2)ccc1OC=O.Cc1ccc2cc(O)ccc2c1. The molecule has 0 saturated carbocycles. The zero-order valence-corrected chi connectivity index (χ0v) is 19.8. The normalized spacial score (nSPS) is 10.4. The molecule has 2 N–H and O–H groups in total. The van der Waals surface area contributed by atoms with E-state index in [0.717, 1.165) is 16.2 Å². The number of aromatic hydroxyl groups is 2. The van der Waals surface area contributed by atoms with Gasteiger partial charge in [-0.1, -0.05) is 42.0 Å². The van der Waals surface area contributed by atoms with Gasteiger partial charge in [-0.05, 0) is 95.6 Å². The summed E-state index contributed by atoms with van der Waals surface area (Å²) in [6.07, 6.45) is 0. The van der Waals surface area contributed by atoms with E-state index >= 15 is 0 Å². The summed E-state index contributed by atoms with van der Waals surface area (Å²) in [6, 6.07) is 26.3. The maximum atomic E-state index is 12.3. The van der Waals surface area contributed by atoms with Gasteiger partial charge in [0.05, 0.1) is 5.56 Å². The van der Waals surface area contributed by atoms with Crippen LogP contribution in [-0.2, 0) is 4.79 Å². The summed E-state index contributed by atoms with van der Waals surface area (Å²) in [5.41, 5.74) is 2.33. The van der Waals surface area contributed by atoms with Gasteiger partial charge < -0.3 is 19.7 Å². The Morgan fingerprint density at radius 2 is 1.28 bits per heavy atom. The summed E-state index contributed by atoms with van der Waals surface area (Å²) >= 11 is 0. The van der Waals surface area contributed by atoms with Crippen molar-refractivity contribution in [2.75, 3.05) is 0 Å². The molecule has 0 aliphatic rings. The number of benzene rings is 5. The monoisotopic (exact) mass is 480 g/mol. The molecule has 5 aromatic carbocycles.